The van der Waals surface area contributed by atoms with Crippen molar-refractivity contribution in [2.75, 3.05) is 24.3 Å². The number of hydrogen-bond donors (Lipinski definition) is 2. The molecular weight excluding hydrogens is 384 g/mol. The molecule has 0 spiro atoms. The van der Waals surface area contributed by atoms with Gasteiger partial charge in [-0.3, -0.25) is 4.79 Å². The minimum Gasteiger partial charge on any atom is -0.465 e. The van der Waals surface area contributed by atoms with Crippen LogP contribution in [0.4, 0.5) is 11.4 Å². The van der Waals surface area contributed by atoms with Crippen LogP contribution in [0.3, 0.4) is 0 Å². The summed E-state index contributed by atoms with van der Waals surface area (Å²) in [6, 6.07) is 11.8. The van der Waals surface area contributed by atoms with Gasteiger partial charge < -0.3 is 15.4 Å². The molecule has 0 saturated carbocycles. The summed E-state index contributed by atoms with van der Waals surface area (Å²) >= 11 is 9.38. The zero-order valence-corrected chi connectivity index (χ0v) is 14.6. The molecule has 0 fully saturated rings. The number of methoxy groups -OCH3 is 1. The lowest BCUT2D eigenvalue weighted by Gasteiger charge is -2.09. The highest BCUT2D eigenvalue weighted by molar-refractivity contribution is 9.10. The summed E-state index contributed by atoms with van der Waals surface area (Å²) in [5, 5.41) is 6.20. The maximum absolute atomic E-state index is 11.9. The SMILES string of the molecule is COC(=O)c1ccc(NC(=O)CNc2ccc(Br)cc2Cl)cc1. The highest BCUT2D eigenvalue weighted by atomic mass is 79.9. The average Bonchev–Trinajstić information content (AvgIpc) is 2.54. The van der Waals surface area contributed by atoms with Gasteiger partial charge in [-0.25, -0.2) is 4.79 Å². The number of rotatable bonds is 5. The van der Waals surface area contributed by atoms with E-state index in [0.717, 1.165) is 4.47 Å². The van der Waals surface area contributed by atoms with Crippen molar-refractivity contribution in [3.8, 4) is 0 Å². The quantitative estimate of drug-likeness (QED) is 0.750. The van der Waals surface area contributed by atoms with Gasteiger partial charge >= 0.3 is 5.97 Å². The second-order valence-electron chi connectivity index (χ2n) is 4.59. The molecule has 5 nitrogen and oxygen atoms in total. The minimum atomic E-state index is -0.422. The van der Waals surface area contributed by atoms with Crippen LogP contribution in [0, 0.1) is 0 Å². The van der Waals surface area contributed by atoms with Gasteiger partial charge in [-0.2, -0.15) is 0 Å². The van der Waals surface area contributed by atoms with Gasteiger partial charge in [0.15, 0.2) is 0 Å². The van der Waals surface area contributed by atoms with Crippen LogP contribution in [0.1, 0.15) is 10.4 Å². The fraction of sp³-hybridized carbons (Fsp3) is 0.125. The highest BCUT2D eigenvalue weighted by Gasteiger charge is 2.07. The third kappa shape index (κ3) is 4.97. The van der Waals surface area contributed by atoms with Crippen LogP contribution in [-0.2, 0) is 9.53 Å². The summed E-state index contributed by atoms with van der Waals surface area (Å²) in [5.41, 5.74) is 1.68. The van der Waals surface area contributed by atoms with Crippen LogP contribution < -0.4 is 10.6 Å². The van der Waals surface area contributed by atoms with E-state index in [4.69, 9.17) is 11.6 Å². The number of amides is 1. The van der Waals surface area contributed by atoms with E-state index < -0.39 is 5.97 Å². The van der Waals surface area contributed by atoms with Gasteiger partial charge in [-0.1, -0.05) is 27.5 Å². The largest absolute Gasteiger partial charge is 0.465 e. The first kappa shape index (κ1) is 17.3. The number of halogens is 2. The van der Waals surface area contributed by atoms with E-state index in [9.17, 15) is 9.59 Å². The van der Waals surface area contributed by atoms with Crippen LogP contribution in [0.2, 0.25) is 5.02 Å². The fourth-order valence-corrected chi connectivity index (χ4v) is 2.56. The summed E-state index contributed by atoms with van der Waals surface area (Å²) in [6.07, 6.45) is 0. The van der Waals surface area contributed by atoms with Gasteiger partial charge in [-0.15, -0.1) is 0 Å². The standard InChI is InChI=1S/C16H14BrClN2O3/c1-23-16(22)10-2-5-12(6-3-10)20-15(21)9-19-14-7-4-11(17)8-13(14)18/h2-8,19H,9H2,1H3,(H,20,21). The van der Waals surface area contributed by atoms with Crippen molar-refractivity contribution < 1.29 is 14.3 Å². The number of benzene rings is 2. The van der Waals surface area contributed by atoms with Crippen molar-refractivity contribution in [1.29, 1.82) is 0 Å². The molecule has 0 aliphatic rings. The van der Waals surface area contributed by atoms with Crippen LogP contribution >= 0.6 is 27.5 Å². The first-order chi connectivity index (χ1) is 11.0. The molecule has 120 valence electrons. The van der Waals surface area contributed by atoms with E-state index in [1.165, 1.54) is 7.11 Å². The second-order valence-corrected chi connectivity index (χ2v) is 5.92. The number of carbonyl (C=O) groups excluding carboxylic acids is 2. The maximum atomic E-state index is 11.9. The summed E-state index contributed by atoms with van der Waals surface area (Å²) < 4.78 is 5.48. The molecule has 2 rings (SSSR count). The molecule has 0 radical (unpaired) electrons. The number of anilines is 2. The molecular formula is C16H14BrClN2O3. The van der Waals surface area contributed by atoms with Crippen molar-refractivity contribution in [1.82, 2.24) is 0 Å². The number of nitrogens with one attached hydrogen (secondary N) is 2. The molecule has 2 N–H and O–H groups in total. The maximum Gasteiger partial charge on any atom is 0.337 e. The van der Waals surface area contributed by atoms with Crippen LogP contribution in [0.15, 0.2) is 46.9 Å². The zero-order chi connectivity index (χ0) is 16.8. The Balaban J connectivity index is 1.90. The molecule has 23 heavy (non-hydrogen) atoms. The van der Waals surface area contributed by atoms with Crippen molar-refractivity contribution >= 4 is 50.8 Å². The Hall–Kier alpha value is -2.05. The zero-order valence-electron chi connectivity index (χ0n) is 12.2. The number of carbonyl (C=O) groups is 2. The Morgan fingerprint density at radius 3 is 2.48 bits per heavy atom. The van der Waals surface area contributed by atoms with E-state index in [0.29, 0.717) is 22.0 Å². The third-order valence-corrected chi connectivity index (χ3v) is 3.77. The highest BCUT2D eigenvalue weighted by Crippen LogP contribution is 2.25. The smallest absolute Gasteiger partial charge is 0.337 e. The number of hydrogen-bond acceptors (Lipinski definition) is 4. The van der Waals surface area contributed by atoms with Crippen LogP contribution in [0.5, 0.6) is 0 Å². The first-order valence-corrected chi connectivity index (χ1v) is 7.84. The normalized spacial score (nSPS) is 10.0. The van der Waals surface area contributed by atoms with E-state index >= 15 is 0 Å². The monoisotopic (exact) mass is 396 g/mol. The molecule has 0 bridgehead atoms. The predicted octanol–water partition coefficient (Wildman–Crippen LogP) is 3.94. The number of ether oxygens (including phenoxy) is 1. The molecule has 2 aromatic rings. The molecule has 2 aromatic carbocycles. The van der Waals surface area contributed by atoms with E-state index in [2.05, 4.69) is 31.3 Å². The van der Waals surface area contributed by atoms with Crippen LogP contribution in [-0.4, -0.2) is 25.5 Å². The van der Waals surface area contributed by atoms with Crippen molar-refractivity contribution in [3.63, 3.8) is 0 Å². The predicted molar refractivity (Wildman–Crippen MR) is 94.1 cm³/mol. The lowest BCUT2D eigenvalue weighted by atomic mass is 10.2. The third-order valence-electron chi connectivity index (χ3n) is 2.96. The van der Waals surface area contributed by atoms with Crippen molar-refractivity contribution in [2.24, 2.45) is 0 Å². The van der Waals surface area contributed by atoms with Crippen molar-refractivity contribution in [3.05, 3.63) is 57.5 Å². The molecule has 0 unspecified atom stereocenters. The van der Waals surface area contributed by atoms with Crippen molar-refractivity contribution in [2.45, 2.75) is 0 Å². The van der Waals surface area contributed by atoms with E-state index in [-0.39, 0.29) is 12.5 Å². The second kappa shape index (κ2) is 7.99. The molecule has 0 heterocycles. The summed E-state index contributed by atoms with van der Waals surface area (Å²) in [7, 11) is 1.32. The summed E-state index contributed by atoms with van der Waals surface area (Å²) in [6.45, 7) is 0.0695. The van der Waals surface area contributed by atoms with Gasteiger partial charge in [0.05, 0.1) is 29.9 Å². The summed E-state index contributed by atoms with van der Waals surface area (Å²) in [4.78, 5) is 23.2. The van der Waals surface area contributed by atoms with Gasteiger partial charge in [0, 0.05) is 10.2 Å². The van der Waals surface area contributed by atoms with E-state index in [1.54, 1.807) is 36.4 Å². The molecule has 1 amide bonds. The van der Waals surface area contributed by atoms with Gasteiger partial charge in [0.25, 0.3) is 0 Å². The lowest BCUT2D eigenvalue weighted by molar-refractivity contribution is -0.114. The van der Waals surface area contributed by atoms with Gasteiger partial charge in [0.1, 0.15) is 0 Å². The fourth-order valence-electron chi connectivity index (χ4n) is 1.82. The molecule has 0 aliphatic carbocycles. The Bertz CT molecular complexity index is 720. The van der Waals surface area contributed by atoms with Gasteiger partial charge in [0.2, 0.25) is 5.91 Å². The minimum absolute atomic E-state index is 0.0695. The molecule has 7 heteroatoms. The molecule has 0 aliphatic heterocycles. The Morgan fingerprint density at radius 1 is 1.17 bits per heavy atom. The average molecular weight is 398 g/mol. The molecule has 0 atom stereocenters. The van der Waals surface area contributed by atoms with Gasteiger partial charge in [-0.05, 0) is 42.5 Å². The Morgan fingerprint density at radius 2 is 1.87 bits per heavy atom. The van der Waals surface area contributed by atoms with Crippen LogP contribution in [0.25, 0.3) is 0 Å². The first-order valence-electron chi connectivity index (χ1n) is 6.67. The topological polar surface area (TPSA) is 67.4 Å². The number of esters is 1. The molecule has 0 aromatic heterocycles. The molecule has 0 saturated heterocycles. The Labute approximate surface area is 147 Å². The van der Waals surface area contributed by atoms with E-state index in [1.807, 2.05) is 6.07 Å². The summed E-state index contributed by atoms with van der Waals surface area (Å²) in [5.74, 6) is -0.649. The Kier molecular flexibility index (Phi) is 6.01. The lowest BCUT2D eigenvalue weighted by Crippen LogP contribution is -2.21.